The summed E-state index contributed by atoms with van der Waals surface area (Å²) in [5.74, 6) is -3.06. The minimum atomic E-state index is -0.733. The highest BCUT2D eigenvalue weighted by Crippen LogP contribution is 2.20. The van der Waals surface area contributed by atoms with Crippen LogP contribution in [0, 0.1) is 17.6 Å². The topological polar surface area (TPSA) is 94.2 Å². The minimum absolute atomic E-state index is 0.0549. The molecule has 1 aliphatic heterocycles. The Bertz CT molecular complexity index is 1490. The summed E-state index contributed by atoms with van der Waals surface area (Å²) in [7, 11) is 2.01. The molecule has 2 atom stereocenters. The minimum Gasteiger partial charge on any atom is -0.368 e. The Morgan fingerprint density at radius 2 is 1.49 bits per heavy atom. The zero-order chi connectivity index (χ0) is 35.2. The number of nitrogens with zero attached hydrogens (tertiary/aromatic N) is 3. The Labute approximate surface area is 288 Å². The molecule has 49 heavy (non-hydrogen) atoms. The van der Waals surface area contributed by atoms with Gasteiger partial charge in [-0.05, 0) is 67.8 Å². The van der Waals surface area contributed by atoms with Gasteiger partial charge in [0.2, 0.25) is 0 Å². The van der Waals surface area contributed by atoms with E-state index in [0.29, 0.717) is 50.4 Å². The number of carbonyl (C=O) groups excluding carboxylic acids is 3. The number of rotatable bonds is 17. The van der Waals surface area contributed by atoms with E-state index in [1.165, 1.54) is 12.1 Å². The molecule has 2 unspecified atom stereocenters. The average molecular weight is 678 g/mol. The highest BCUT2D eigenvalue weighted by Gasteiger charge is 2.29. The number of benzene rings is 3. The number of likely N-dealkylation sites (N-methyl/N-ethyl adjacent to an activating group) is 1. The molecule has 0 saturated carbocycles. The van der Waals surface area contributed by atoms with Gasteiger partial charge in [0.25, 0.3) is 11.8 Å². The van der Waals surface area contributed by atoms with E-state index in [4.69, 9.17) is 4.84 Å². The number of hydrogen-bond acceptors (Lipinski definition) is 7. The van der Waals surface area contributed by atoms with Crippen molar-refractivity contribution in [1.29, 1.82) is 0 Å². The van der Waals surface area contributed by atoms with E-state index in [-0.39, 0.29) is 24.3 Å². The molecule has 0 radical (unpaired) electrons. The van der Waals surface area contributed by atoms with Crippen LogP contribution < -0.4 is 10.6 Å². The fraction of sp³-hybridized carbons (Fsp3) is 0.447. The smallest absolute Gasteiger partial charge is 0.325 e. The van der Waals surface area contributed by atoms with Crippen LogP contribution in [0.15, 0.2) is 72.8 Å². The molecule has 0 aliphatic carbocycles. The van der Waals surface area contributed by atoms with Crippen molar-refractivity contribution in [3.63, 3.8) is 0 Å². The molecule has 3 aromatic rings. The third-order valence-corrected chi connectivity index (χ3v) is 8.61. The summed E-state index contributed by atoms with van der Waals surface area (Å²) in [5, 5.41) is 8.10. The van der Waals surface area contributed by atoms with Gasteiger partial charge in [-0.1, -0.05) is 50.2 Å². The van der Waals surface area contributed by atoms with Gasteiger partial charge in [0.05, 0.1) is 6.42 Å². The Morgan fingerprint density at radius 3 is 2.14 bits per heavy atom. The summed E-state index contributed by atoms with van der Waals surface area (Å²) < 4.78 is 28.7. The summed E-state index contributed by atoms with van der Waals surface area (Å²) >= 11 is 0. The number of amides is 2. The maximum absolute atomic E-state index is 14.3. The SMILES string of the molecule is CCCN(CCC)C(=O)c1cccc(C(=O)NC(Cc2cc(F)cc(F)c2)C(CNCc2ccccc2)CC(=O)ON2CCN(C)CC2)c1. The molecule has 1 fully saturated rings. The highest BCUT2D eigenvalue weighted by atomic mass is 19.1. The van der Waals surface area contributed by atoms with Crippen molar-refractivity contribution < 1.29 is 28.0 Å². The van der Waals surface area contributed by atoms with Gasteiger partial charge in [0, 0.05) is 81.5 Å². The number of hydroxylamine groups is 2. The molecule has 2 N–H and O–H groups in total. The van der Waals surface area contributed by atoms with Crippen LogP contribution in [0.2, 0.25) is 0 Å². The standard InChI is InChI=1S/C38H49F2N5O4/c1-4-14-44(15-5-2)38(48)31-13-9-12-30(23-31)37(47)42-35(22-29-20-33(39)25-34(40)21-29)32(27-41-26-28-10-7-6-8-11-28)24-36(46)49-45-18-16-43(3)17-19-45/h6-13,20-21,23,25,32,35,41H,4-5,14-19,22,24,26-27H2,1-3H3,(H,42,47). The van der Waals surface area contributed by atoms with Crippen LogP contribution in [-0.2, 0) is 22.6 Å². The van der Waals surface area contributed by atoms with Gasteiger partial charge in [-0.15, -0.1) is 5.06 Å². The van der Waals surface area contributed by atoms with Crippen LogP contribution >= 0.6 is 0 Å². The van der Waals surface area contributed by atoms with Crippen molar-refractivity contribution in [2.45, 2.75) is 52.1 Å². The Kier molecular flexibility index (Phi) is 14.7. The summed E-state index contributed by atoms with van der Waals surface area (Å²) in [6, 6.07) is 18.8. The highest BCUT2D eigenvalue weighted by molar-refractivity contribution is 5.99. The van der Waals surface area contributed by atoms with Crippen LogP contribution in [0.3, 0.4) is 0 Å². The molecule has 4 rings (SSSR count). The lowest BCUT2D eigenvalue weighted by molar-refractivity contribution is -0.198. The number of halogens is 2. The lowest BCUT2D eigenvalue weighted by Gasteiger charge is -2.32. The molecule has 1 aliphatic rings. The third-order valence-electron chi connectivity index (χ3n) is 8.61. The number of hydrogen-bond donors (Lipinski definition) is 2. The van der Waals surface area contributed by atoms with Crippen molar-refractivity contribution in [2.24, 2.45) is 5.92 Å². The zero-order valence-corrected chi connectivity index (χ0v) is 28.8. The molecule has 264 valence electrons. The maximum Gasteiger partial charge on any atom is 0.325 e. The first kappa shape index (κ1) is 37.6. The van der Waals surface area contributed by atoms with E-state index in [0.717, 1.165) is 37.6 Å². The molecule has 2 amide bonds. The lowest BCUT2D eigenvalue weighted by Crippen LogP contribution is -2.48. The fourth-order valence-electron chi connectivity index (χ4n) is 6.03. The lowest BCUT2D eigenvalue weighted by atomic mass is 9.90. The third kappa shape index (κ3) is 12.0. The van der Waals surface area contributed by atoms with Crippen LogP contribution in [0.1, 0.15) is 65.0 Å². The van der Waals surface area contributed by atoms with E-state index in [1.807, 2.05) is 51.2 Å². The van der Waals surface area contributed by atoms with E-state index in [2.05, 4.69) is 15.5 Å². The normalized spacial score (nSPS) is 15.0. The summed E-state index contributed by atoms with van der Waals surface area (Å²) in [6.07, 6.45) is 1.62. The molecular formula is C38H49F2N5O4. The van der Waals surface area contributed by atoms with Gasteiger partial charge >= 0.3 is 5.97 Å². The Morgan fingerprint density at radius 1 is 0.837 bits per heavy atom. The van der Waals surface area contributed by atoms with Crippen molar-refractivity contribution in [3.05, 3.63) is 107 Å². The van der Waals surface area contributed by atoms with Crippen LogP contribution in [0.25, 0.3) is 0 Å². The molecule has 1 saturated heterocycles. The van der Waals surface area contributed by atoms with Crippen LogP contribution in [-0.4, -0.2) is 91.5 Å². The summed E-state index contributed by atoms with van der Waals surface area (Å²) in [6.45, 7) is 8.72. The largest absolute Gasteiger partial charge is 0.368 e. The van der Waals surface area contributed by atoms with Gasteiger partial charge < -0.3 is 25.3 Å². The molecule has 0 aromatic heterocycles. The molecule has 1 heterocycles. The van der Waals surface area contributed by atoms with Gasteiger partial charge in [-0.25, -0.2) is 8.78 Å². The van der Waals surface area contributed by atoms with Crippen molar-refractivity contribution in [2.75, 3.05) is 52.9 Å². The van der Waals surface area contributed by atoms with Gasteiger partial charge in [0.15, 0.2) is 0 Å². The molecule has 0 spiro atoms. The maximum atomic E-state index is 14.3. The predicted octanol–water partition coefficient (Wildman–Crippen LogP) is 5.07. The van der Waals surface area contributed by atoms with E-state index in [1.54, 1.807) is 34.2 Å². The second kappa shape index (κ2) is 19.1. The average Bonchev–Trinajstić information content (AvgIpc) is 3.08. The molecule has 11 heteroatoms. The van der Waals surface area contributed by atoms with Gasteiger partial charge in [0.1, 0.15) is 11.6 Å². The van der Waals surface area contributed by atoms with Gasteiger partial charge in [-0.2, -0.15) is 0 Å². The molecular weight excluding hydrogens is 628 g/mol. The zero-order valence-electron chi connectivity index (χ0n) is 28.8. The summed E-state index contributed by atoms with van der Waals surface area (Å²) in [5.41, 5.74) is 2.04. The number of piperazine rings is 1. The van der Waals surface area contributed by atoms with Crippen LogP contribution in [0.5, 0.6) is 0 Å². The first-order valence-corrected chi connectivity index (χ1v) is 17.2. The Hall–Kier alpha value is -4.19. The van der Waals surface area contributed by atoms with Gasteiger partial charge in [-0.3, -0.25) is 14.4 Å². The first-order chi connectivity index (χ1) is 23.6. The van der Waals surface area contributed by atoms with E-state index >= 15 is 0 Å². The predicted molar refractivity (Wildman–Crippen MR) is 186 cm³/mol. The second-order valence-electron chi connectivity index (χ2n) is 12.7. The molecule has 0 bridgehead atoms. The van der Waals surface area contributed by atoms with Crippen molar-refractivity contribution >= 4 is 17.8 Å². The van der Waals surface area contributed by atoms with Crippen molar-refractivity contribution in [3.8, 4) is 0 Å². The summed E-state index contributed by atoms with van der Waals surface area (Å²) in [4.78, 5) is 50.2. The fourth-order valence-corrected chi connectivity index (χ4v) is 6.03. The van der Waals surface area contributed by atoms with E-state index < -0.39 is 35.5 Å². The quantitative estimate of drug-likeness (QED) is 0.206. The first-order valence-electron chi connectivity index (χ1n) is 17.2. The van der Waals surface area contributed by atoms with Crippen molar-refractivity contribution in [1.82, 2.24) is 25.5 Å². The Balaban J connectivity index is 1.60. The van der Waals surface area contributed by atoms with Crippen LogP contribution in [0.4, 0.5) is 8.78 Å². The molecule has 3 aromatic carbocycles. The second-order valence-corrected chi connectivity index (χ2v) is 12.7. The number of nitrogens with one attached hydrogen (secondary N) is 2. The molecule has 9 nitrogen and oxygen atoms in total. The monoisotopic (exact) mass is 677 g/mol. The number of carbonyl (C=O) groups is 3. The van der Waals surface area contributed by atoms with E-state index in [9.17, 15) is 23.2 Å².